The number of rotatable bonds is 3. The number of nitrogens with two attached hydrogens (primary N) is 3. The van der Waals surface area contributed by atoms with Crippen molar-refractivity contribution < 1.29 is 9.90 Å². The third-order valence-corrected chi connectivity index (χ3v) is 1.78. The molecule has 96 valence electrons. The molecule has 6 nitrogen and oxygen atoms in total. The summed E-state index contributed by atoms with van der Waals surface area (Å²) < 4.78 is 0. The maximum absolute atomic E-state index is 10.6. The number of aliphatic imine (C=N–C) groups is 1. The average molecular weight is 281 g/mol. The van der Waals surface area contributed by atoms with E-state index in [9.17, 15) is 4.79 Å². The molecule has 0 spiro atoms. The van der Waals surface area contributed by atoms with E-state index in [1.54, 1.807) is 24.3 Å². The third-order valence-electron chi connectivity index (χ3n) is 1.78. The Hall–Kier alpha value is -1.50. The van der Waals surface area contributed by atoms with Gasteiger partial charge in [-0.3, -0.25) is 4.79 Å². The average Bonchev–Trinajstić information content (AvgIpc) is 2.17. The van der Waals surface area contributed by atoms with E-state index in [1.165, 1.54) is 0 Å². The van der Waals surface area contributed by atoms with E-state index in [2.05, 4.69) is 4.99 Å². The van der Waals surface area contributed by atoms with Gasteiger partial charge >= 0.3 is 5.97 Å². The van der Waals surface area contributed by atoms with Crippen LogP contribution in [0.25, 0.3) is 0 Å². The van der Waals surface area contributed by atoms with Gasteiger partial charge in [0.1, 0.15) is 6.04 Å². The van der Waals surface area contributed by atoms with Crippen molar-refractivity contribution >= 4 is 42.4 Å². The molecule has 0 fully saturated rings. The van der Waals surface area contributed by atoms with Crippen LogP contribution in [-0.4, -0.2) is 17.0 Å². The second-order valence-corrected chi connectivity index (χ2v) is 2.94. The largest absolute Gasteiger partial charge is 0.480 e. The van der Waals surface area contributed by atoms with Crippen LogP contribution in [0.15, 0.2) is 29.3 Å². The Balaban J connectivity index is 0. The fourth-order valence-electron chi connectivity index (χ4n) is 1.05. The lowest BCUT2D eigenvalue weighted by atomic mass is 10.1. The standard InChI is InChI=1S/C9H12N4O2.2ClH/c10-7(8(14)15)5-1-3-6(4-2-5)13-9(11)12;;/h1-4,7H,10H2,(H,14,15)(H4,11,12,13);2*1H. The summed E-state index contributed by atoms with van der Waals surface area (Å²) in [6, 6.07) is 5.30. The van der Waals surface area contributed by atoms with Crippen molar-refractivity contribution in [2.24, 2.45) is 22.2 Å². The van der Waals surface area contributed by atoms with Gasteiger partial charge < -0.3 is 22.3 Å². The van der Waals surface area contributed by atoms with E-state index in [1.807, 2.05) is 0 Å². The molecule has 0 aromatic heterocycles. The maximum Gasteiger partial charge on any atom is 0.325 e. The zero-order chi connectivity index (χ0) is 11.4. The second-order valence-electron chi connectivity index (χ2n) is 2.94. The van der Waals surface area contributed by atoms with Crippen LogP contribution in [0.1, 0.15) is 11.6 Å². The SMILES string of the molecule is Cl.Cl.NC(N)=Nc1ccc(C(N)C(=O)O)cc1. The first-order chi connectivity index (χ1) is 7.00. The van der Waals surface area contributed by atoms with E-state index in [0.29, 0.717) is 11.3 Å². The number of hydrogen-bond donors (Lipinski definition) is 4. The first-order valence-corrected chi connectivity index (χ1v) is 4.18. The molecule has 0 aliphatic carbocycles. The zero-order valence-corrected chi connectivity index (χ0v) is 10.4. The summed E-state index contributed by atoms with van der Waals surface area (Å²) in [6.45, 7) is 0. The number of carboxylic acids is 1. The molecular formula is C9H14Cl2N4O2. The second kappa shape index (κ2) is 7.72. The molecule has 1 unspecified atom stereocenters. The van der Waals surface area contributed by atoms with Gasteiger partial charge in [-0.25, -0.2) is 4.99 Å². The summed E-state index contributed by atoms with van der Waals surface area (Å²) in [5.41, 5.74) is 16.8. The summed E-state index contributed by atoms with van der Waals surface area (Å²) in [7, 11) is 0. The first kappa shape index (κ1) is 17.9. The fraction of sp³-hybridized carbons (Fsp3) is 0.111. The van der Waals surface area contributed by atoms with Gasteiger partial charge in [0, 0.05) is 0 Å². The maximum atomic E-state index is 10.6. The van der Waals surface area contributed by atoms with Crippen molar-refractivity contribution in [1.82, 2.24) is 0 Å². The van der Waals surface area contributed by atoms with E-state index >= 15 is 0 Å². The number of hydrogen-bond acceptors (Lipinski definition) is 3. The molecule has 0 heterocycles. The van der Waals surface area contributed by atoms with E-state index in [0.717, 1.165) is 0 Å². The van der Waals surface area contributed by atoms with E-state index < -0.39 is 12.0 Å². The minimum Gasteiger partial charge on any atom is -0.480 e. The van der Waals surface area contributed by atoms with E-state index in [4.69, 9.17) is 22.3 Å². The lowest BCUT2D eigenvalue weighted by Gasteiger charge is -2.06. The summed E-state index contributed by atoms with van der Waals surface area (Å²) in [4.78, 5) is 14.4. The van der Waals surface area contributed by atoms with Gasteiger partial charge in [-0.2, -0.15) is 0 Å². The molecular weight excluding hydrogens is 267 g/mol. The predicted octanol–water partition coefficient (Wildman–Crippen LogP) is 0.519. The van der Waals surface area contributed by atoms with Crippen LogP contribution in [0.2, 0.25) is 0 Å². The number of halogens is 2. The molecule has 0 bridgehead atoms. The molecule has 1 aromatic rings. The molecule has 1 rings (SSSR count). The van der Waals surface area contributed by atoms with Crippen LogP contribution in [0, 0.1) is 0 Å². The van der Waals surface area contributed by atoms with Crippen molar-refractivity contribution in [3.8, 4) is 0 Å². The third kappa shape index (κ3) is 5.39. The topological polar surface area (TPSA) is 128 Å². The molecule has 0 aliphatic rings. The monoisotopic (exact) mass is 280 g/mol. The highest BCUT2D eigenvalue weighted by atomic mass is 35.5. The number of aliphatic carboxylic acids is 1. The predicted molar refractivity (Wildman–Crippen MR) is 71.0 cm³/mol. The van der Waals surface area contributed by atoms with Gasteiger partial charge in [0.2, 0.25) is 0 Å². The summed E-state index contributed by atoms with van der Waals surface area (Å²) in [5.74, 6) is -1.13. The molecule has 17 heavy (non-hydrogen) atoms. The first-order valence-electron chi connectivity index (χ1n) is 4.18. The van der Waals surface area contributed by atoms with Crippen LogP contribution >= 0.6 is 24.8 Å². The lowest BCUT2D eigenvalue weighted by molar-refractivity contribution is -0.138. The molecule has 0 amide bonds. The molecule has 8 heteroatoms. The molecule has 0 saturated carbocycles. The smallest absolute Gasteiger partial charge is 0.325 e. The highest BCUT2D eigenvalue weighted by Gasteiger charge is 2.13. The van der Waals surface area contributed by atoms with Gasteiger partial charge in [0.25, 0.3) is 0 Å². The number of benzene rings is 1. The summed E-state index contributed by atoms with van der Waals surface area (Å²) in [5, 5.41) is 8.66. The van der Waals surface area contributed by atoms with Crippen LogP contribution < -0.4 is 17.2 Å². The Morgan fingerprint density at radius 3 is 2.00 bits per heavy atom. The lowest BCUT2D eigenvalue weighted by Crippen LogP contribution is -2.22. The molecule has 0 saturated heterocycles. The van der Waals surface area contributed by atoms with Gasteiger partial charge in [0.05, 0.1) is 5.69 Å². The normalized spacial score (nSPS) is 10.4. The molecule has 1 aromatic carbocycles. The summed E-state index contributed by atoms with van der Waals surface area (Å²) >= 11 is 0. The van der Waals surface area contributed by atoms with Gasteiger partial charge in [-0.1, -0.05) is 12.1 Å². The minimum atomic E-state index is -1.08. The fourth-order valence-corrected chi connectivity index (χ4v) is 1.05. The van der Waals surface area contributed by atoms with Crippen molar-refractivity contribution in [2.45, 2.75) is 6.04 Å². The number of nitrogens with zero attached hydrogens (tertiary/aromatic N) is 1. The Kier molecular flexibility index (Phi) is 8.12. The van der Waals surface area contributed by atoms with Gasteiger partial charge in [0.15, 0.2) is 5.96 Å². The zero-order valence-electron chi connectivity index (χ0n) is 8.74. The number of guanidine groups is 1. The number of carbonyl (C=O) groups is 1. The van der Waals surface area contributed by atoms with Gasteiger partial charge in [-0.15, -0.1) is 24.8 Å². The Morgan fingerprint density at radius 1 is 1.18 bits per heavy atom. The quantitative estimate of drug-likeness (QED) is 0.474. The number of carboxylic acid groups (broad SMARTS) is 1. The minimum absolute atomic E-state index is 0. The highest BCUT2D eigenvalue weighted by molar-refractivity contribution is 5.85. The van der Waals surface area contributed by atoms with Crippen molar-refractivity contribution in [1.29, 1.82) is 0 Å². The molecule has 0 radical (unpaired) electrons. The van der Waals surface area contributed by atoms with Crippen molar-refractivity contribution in [3.05, 3.63) is 29.8 Å². The molecule has 7 N–H and O–H groups in total. The van der Waals surface area contributed by atoms with Crippen LogP contribution in [-0.2, 0) is 4.79 Å². The highest BCUT2D eigenvalue weighted by Crippen LogP contribution is 2.16. The summed E-state index contributed by atoms with van der Waals surface area (Å²) in [6.07, 6.45) is 0. The van der Waals surface area contributed by atoms with Crippen LogP contribution in [0.5, 0.6) is 0 Å². The molecule has 0 aliphatic heterocycles. The van der Waals surface area contributed by atoms with Crippen molar-refractivity contribution in [2.75, 3.05) is 0 Å². The van der Waals surface area contributed by atoms with E-state index in [-0.39, 0.29) is 30.8 Å². The van der Waals surface area contributed by atoms with Crippen molar-refractivity contribution in [3.63, 3.8) is 0 Å². The Bertz CT molecular complexity index is 390. The van der Waals surface area contributed by atoms with Crippen LogP contribution in [0.4, 0.5) is 5.69 Å². The Labute approximate surface area is 111 Å². The van der Waals surface area contributed by atoms with Crippen LogP contribution in [0.3, 0.4) is 0 Å². The van der Waals surface area contributed by atoms with Gasteiger partial charge in [-0.05, 0) is 17.7 Å². The molecule has 1 atom stereocenters. The Morgan fingerprint density at radius 2 is 1.65 bits per heavy atom.